The Bertz CT molecular complexity index is 557. The maximum atomic E-state index is 11.8. The quantitative estimate of drug-likeness (QED) is 0.574. The van der Waals surface area contributed by atoms with Gasteiger partial charge in [0, 0.05) is 25.2 Å². The second kappa shape index (κ2) is 5.98. The molecule has 0 bridgehead atoms. The first kappa shape index (κ1) is 15.4. The van der Waals surface area contributed by atoms with Crippen LogP contribution >= 0.6 is 0 Å². The Kier molecular flexibility index (Phi) is 4.84. The van der Waals surface area contributed by atoms with E-state index in [1.807, 2.05) is 19.0 Å². The molecule has 1 aromatic rings. The van der Waals surface area contributed by atoms with Gasteiger partial charge in [0.05, 0.1) is 16.9 Å². The number of nitro benzene ring substituents is 1. The normalized spacial score (nSPS) is 11.6. The average Bonchev–Trinajstić information content (AvgIpc) is 2.27. The maximum absolute atomic E-state index is 11.8. The van der Waals surface area contributed by atoms with Gasteiger partial charge in [-0.2, -0.15) is 0 Å². The summed E-state index contributed by atoms with van der Waals surface area (Å²) < 4.78 is 24.7. The molecule has 1 aromatic carbocycles. The first-order valence-electron chi connectivity index (χ1n) is 5.58. The molecule has 1 rings (SSSR count). The van der Waals surface area contributed by atoms with Gasteiger partial charge in [0.25, 0.3) is 5.69 Å². The minimum absolute atomic E-state index is 0.129. The highest BCUT2D eigenvalue weighted by atomic mass is 32.2. The van der Waals surface area contributed by atoms with Crippen LogP contribution < -0.4 is 4.31 Å². The number of nitro groups is 1. The number of nitrogens with zero attached hydrogens (tertiary/aromatic N) is 3. The molecular weight excluding hydrogens is 270 g/mol. The first-order chi connectivity index (χ1) is 8.71. The Morgan fingerprint density at radius 2 is 1.89 bits per heavy atom. The number of sulfonamides is 1. The number of likely N-dealkylation sites (N-methyl/N-ethyl adjacent to an activating group) is 1. The lowest BCUT2D eigenvalue weighted by Crippen LogP contribution is -2.36. The summed E-state index contributed by atoms with van der Waals surface area (Å²) in [4.78, 5) is 12.0. The van der Waals surface area contributed by atoms with Gasteiger partial charge < -0.3 is 4.90 Å². The third-order valence-corrected chi connectivity index (χ3v) is 3.67. The monoisotopic (exact) mass is 287 g/mol. The Labute approximate surface area is 112 Å². The van der Waals surface area contributed by atoms with E-state index in [0.29, 0.717) is 12.2 Å². The highest BCUT2D eigenvalue weighted by molar-refractivity contribution is 7.92. The summed E-state index contributed by atoms with van der Waals surface area (Å²) >= 11 is 0. The first-order valence-corrected chi connectivity index (χ1v) is 7.43. The largest absolute Gasteiger partial charge is 0.308 e. The van der Waals surface area contributed by atoms with Crippen LogP contribution in [0.2, 0.25) is 0 Å². The van der Waals surface area contributed by atoms with Crippen molar-refractivity contribution in [2.45, 2.75) is 0 Å². The van der Waals surface area contributed by atoms with E-state index in [-0.39, 0.29) is 12.2 Å². The number of hydrogen-bond acceptors (Lipinski definition) is 5. The van der Waals surface area contributed by atoms with Crippen LogP contribution in [0, 0.1) is 10.1 Å². The van der Waals surface area contributed by atoms with E-state index in [0.717, 1.165) is 6.26 Å². The molecule has 0 spiro atoms. The van der Waals surface area contributed by atoms with Gasteiger partial charge in [-0.3, -0.25) is 14.4 Å². The molecule has 0 fully saturated rings. The molecule has 0 unspecified atom stereocenters. The number of non-ortho nitro benzene ring substituents is 1. The Balaban J connectivity index is 3.11. The maximum Gasteiger partial charge on any atom is 0.271 e. The molecule has 0 saturated carbocycles. The standard InChI is InChI=1S/C11H17N3O4S/c1-12(2)7-8-13(19(3,17)18)10-5-4-6-11(9-10)14(15)16/h4-6,9H,7-8H2,1-3H3. The van der Waals surface area contributed by atoms with E-state index in [1.54, 1.807) is 6.07 Å². The second-order valence-electron chi connectivity index (χ2n) is 4.42. The van der Waals surface area contributed by atoms with Gasteiger partial charge in [0.1, 0.15) is 0 Å². The Morgan fingerprint density at radius 3 is 2.37 bits per heavy atom. The number of anilines is 1. The fourth-order valence-corrected chi connectivity index (χ4v) is 2.45. The fourth-order valence-electron chi connectivity index (χ4n) is 1.54. The molecule has 0 aliphatic heterocycles. The zero-order chi connectivity index (χ0) is 14.6. The number of hydrogen-bond donors (Lipinski definition) is 0. The molecule has 0 N–H and O–H groups in total. The van der Waals surface area contributed by atoms with E-state index in [9.17, 15) is 18.5 Å². The fraction of sp³-hybridized carbons (Fsp3) is 0.455. The van der Waals surface area contributed by atoms with Crippen molar-refractivity contribution < 1.29 is 13.3 Å². The van der Waals surface area contributed by atoms with Gasteiger partial charge in [0.2, 0.25) is 10.0 Å². The van der Waals surface area contributed by atoms with Crippen LogP contribution in [0.25, 0.3) is 0 Å². The van der Waals surface area contributed by atoms with Crippen LogP contribution in [0.1, 0.15) is 0 Å². The summed E-state index contributed by atoms with van der Waals surface area (Å²) in [5, 5.41) is 10.7. The second-order valence-corrected chi connectivity index (χ2v) is 6.32. The molecule has 8 heteroatoms. The average molecular weight is 287 g/mol. The minimum Gasteiger partial charge on any atom is -0.308 e. The van der Waals surface area contributed by atoms with Gasteiger partial charge in [-0.25, -0.2) is 8.42 Å². The van der Waals surface area contributed by atoms with E-state index in [2.05, 4.69) is 0 Å². The molecule has 0 radical (unpaired) electrons. The third-order valence-electron chi connectivity index (χ3n) is 2.48. The molecule has 0 atom stereocenters. The minimum atomic E-state index is -3.47. The van der Waals surface area contributed by atoms with Crippen LogP contribution in [0.3, 0.4) is 0 Å². The lowest BCUT2D eigenvalue weighted by atomic mass is 10.3. The van der Waals surface area contributed by atoms with E-state index in [4.69, 9.17) is 0 Å². The molecule has 0 aliphatic carbocycles. The Morgan fingerprint density at radius 1 is 1.26 bits per heavy atom. The van der Waals surface area contributed by atoms with Crippen molar-refractivity contribution in [1.29, 1.82) is 0 Å². The molecule has 106 valence electrons. The molecule has 19 heavy (non-hydrogen) atoms. The van der Waals surface area contributed by atoms with E-state index < -0.39 is 14.9 Å². The smallest absolute Gasteiger partial charge is 0.271 e. The summed E-state index contributed by atoms with van der Waals surface area (Å²) in [6.45, 7) is 0.767. The lowest BCUT2D eigenvalue weighted by Gasteiger charge is -2.23. The highest BCUT2D eigenvalue weighted by Gasteiger charge is 2.19. The number of benzene rings is 1. The van der Waals surface area contributed by atoms with Crippen molar-refractivity contribution in [2.24, 2.45) is 0 Å². The van der Waals surface area contributed by atoms with Crippen LogP contribution in [0.5, 0.6) is 0 Å². The lowest BCUT2D eigenvalue weighted by molar-refractivity contribution is -0.384. The van der Waals surface area contributed by atoms with Crippen molar-refractivity contribution in [3.8, 4) is 0 Å². The molecule has 0 saturated heterocycles. The topological polar surface area (TPSA) is 83.8 Å². The zero-order valence-electron chi connectivity index (χ0n) is 11.1. The van der Waals surface area contributed by atoms with Crippen molar-refractivity contribution in [3.63, 3.8) is 0 Å². The highest BCUT2D eigenvalue weighted by Crippen LogP contribution is 2.22. The molecular formula is C11H17N3O4S. The Hall–Kier alpha value is -1.67. The van der Waals surface area contributed by atoms with Gasteiger partial charge in [-0.1, -0.05) is 6.07 Å². The summed E-state index contributed by atoms with van der Waals surface area (Å²) in [6, 6.07) is 5.61. The van der Waals surface area contributed by atoms with Crippen molar-refractivity contribution in [2.75, 3.05) is 37.7 Å². The third kappa shape index (κ3) is 4.49. The zero-order valence-corrected chi connectivity index (χ0v) is 11.9. The summed E-state index contributed by atoms with van der Waals surface area (Å²) in [7, 11) is 0.183. The van der Waals surface area contributed by atoms with Crippen LogP contribution in [0.4, 0.5) is 11.4 Å². The van der Waals surface area contributed by atoms with Crippen molar-refractivity contribution in [3.05, 3.63) is 34.4 Å². The van der Waals surface area contributed by atoms with Gasteiger partial charge in [0.15, 0.2) is 0 Å². The number of rotatable bonds is 6. The molecule has 0 aliphatic rings. The molecule has 7 nitrogen and oxygen atoms in total. The summed E-state index contributed by atoms with van der Waals surface area (Å²) in [5.41, 5.74) is 0.176. The summed E-state index contributed by atoms with van der Waals surface area (Å²) in [6.07, 6.45) is 1.08. The van der Waals surface area contributed by atoms with Gasteiger partial charge >= 0.3 is 0 Å². The molecule has 0 heterocycles. The van der Waals surface area contributed by atoms with Gasteiger partial charge in [-0.15, -0.1) is 0 Å². The van der Waals surface area contributed by atoms with E-state index >= 15 is 0 Å². The van der Waals surface area contributed by atoms with E-state index in [1.165, 1.54) is 22.5 Å². The predicted molar refractivity (Wildman–Crippen MR) is 73.8 cm³/mol. The van der Waals surface area contributed by atoms with Crippen LogP contribution in [-0.4, -0.2) is 51.7 Å². The summed E-state index contributed by atoms with van der Waals surface area (Å²) in [5.74, 6) is 0. The molecule has 0 amide bonds. The van der Waals surface area contributed by atoms with Crippen LogP contribution in [-0.2, 0) is 10.0 Å². The van der Waals surface area contributed by atoms with Crippen molar-refractivity contribution in [1.82, 2.24) is 4.90 Å². The molecule has 0 aromatic heterocycles. The van der Waals surface area contributed by atoms with Crippen LogP contribution in [0.15, 0.2) is 24.3 Å². The van der Waals surface area contributed by atoms with Gasteiger partial charge in [-0.05, 0) is 20.2 Å². The van der Waals surface area contributed by atoms with Crippen molar-refractivity contribution >= 4 is 21.4 Å². The predicted octanol–water partition coefficient (Wildman–Crippen LogP) is 0.922. The SMILES string of the molecule is CN(C)CCN(c1cccc([N+](=O)[O-])c1)S(C)(=O)=O.